The minimum Gasteiger partial charge on any atom is -0.496 e. The van der Waals surface area contributed by atoms with Crippen molar-refractivity contribution in [1.82, 2.24) is 10.2 Å². The number of rotatable bonds is 11. The van der Waals surface area contributed by atoms with Gasteiger partial charge in [-0.05, 0) is 66.8 Å². The van der Waals surface area contributed by atoms with Gasteiger partial charge in [0.2, 0.25) is 0 Å². The average molecular weight is 503 g/mol. The van der Waals surface area contributed by atoms with Crippen LogP contribution in [-0.2, 0) is 17.5 Å². The summed E-state index contributed by atoms with van der Waals surface area (Å²) in [6, 6.07) is 8.72. The van der Waals surface area contributed by atoms with E-state index in [4.69, 9.17) is 4.74 Å². The number of carboxylic acid groups (broad SMARTS) is 1. The molecule has 0 heterocycles. The number of hydrogen-bond donors (Lipinski definition) is 2. The van der Waals surface area contributed by atoms with Gasteiger partial charge >= 0.3 is 12.1 Å². The minimum atomic E-state index is -4.48. The van der Waals surface area contributed by atoms with Crippen molar-refractivity contribution in [3.63, 3.8) is 0 Å². The Morgan fingerprint density at radius 3 is 2.58 bits per heavy atom. The van der Waals surface area contributed by atoms with Crippen molar-refractivity contribution in [3.8, 4) is 16.9 Å². The monoisotopic (exact) mass is 502 g/mol. The fourth-order valence-corrected chi connectivity index (χ4v) is 4.22. The molecule has 3 rings (SSSR count). The summed E-state index contributed by atoms with van der Waals surface area (Å²) < 4.78 is 46.3. The van der Waals surface area contributed by atoms with Crippen molar-refractivity contribution < 1.29 is 27.8 Å². The SMILES string of the molecule is CCN(CNCC1C=CC=CC1)Cc1cc(C(F)(F)F)ccc1-c1cc(C(C)C(=O)O)ccc1OC. The molecule has 0 fully saturated rings. The minimum absolute atomic E-state index is 0.283. The van der Waals surface area contributed by atoms with Gasteiger partial charge in [0.05, 0.1) is 18.6 Å². The molecule has 194 valence electrons. The standard InChI is InChI=1S/C28H33F3N2O3/c1-4-33(18-32-16-20-8-6-5-7-9-20)17-22-14-23(28(29,30)31)11-12-24(22)25-15-21(19(2)27(34)35)10-13-26(25)36-3/h5-8,10-15,19-20,32H,4,9,16-18H2,1-3H3,(H,34,35). The number of ether oxygens (including phenoxy) is 1. The zero-order valence-electron chi connectivity index (χ0n) is 20.8. The Morgan fingerprint density at radius 2 is 1.97 bits per heavy atom. The summed E-state index contributed by atoms with van der Waals surface area (Å²) in [6.07, 6.45) is 4.78. The van der Waals surface area contributed by atoms with Crippen LogP contribution in [0.3, 0.4) is 0 Å². The van der Waals surface area contributed by atoms with E-state index in [1.165, 1.54) is 19.2 Å². The topological polar surface area (TPSA) is 61.8 Å². The van der Waals surface area contributed by atoms with Gasteiger partial charge < -0.3 is 15.2 Å². The Balaban J connectivity index is 1.94. The third kappa shape index (κ3) is 6.98. The molecule has 0 saturated carbocycles. The Kier molecular flexibility index (Phi) is 9.34. The summed E-state index contributed by atoms with van der Waals surface area (Å²) >= 11 is 0. The molecule has 5 nitrogen and oxygen atoms in total. The summed E-state index contributed by atoms with van der Waals surface area (Å²) in [5.74, 6) is -0.894. The molecule has 1 aliphatic carbocycles. The van der Waals surface area contributed by atoms with Crippen LogP contribution in [0.4, 0.5) is 13.2 Å². The number of aliphatic carboxylic acids is 1. The summed E-state index contributed by atoms with van der Waals surface area (Å²) in [7, 11) is 1.49. The molecule has 0 aliphatic heterocycles. The molecule has 0 aromatic heterocycles. The molecule has 0 bridgehead atoms. The van der Waals surface area contributed by atoms with Crippen LogP contribution in [-0.4, -0.2) is 42.8 Å². The first-order chi connectivity index (χ1) is 17.1. The molecule has 36 heavy (non-hydrogen) atoms. The number of nitrogens with one attached hydrogen (secondary N) is 1. The molecule has 2 aromatic rings. The second-order valence-corrected chi connectivity index (χ2v) is 8.96. The second-order valence-electron chi connectivity index (χ2n) is 8.96. The van der Waals surface area contributed by atoms with Crippen LogP contribution in [0.25, 0.3) is 11.1 Å². The van der Waals surface area contributed by atoms with Gasteiger partial charge in [0.15, 0.2) is 0 Å². The van der Waals surface area contributed by atoms with E-state index in [1.54, 1.807) is 25.1 Å². The number of halogens is 3. The van der Waals surface area contributed by atoms with Gasteiger partial charge in [0, 0.05) is 25.3 Å². The summed E-state index contributed by atoms with van der Waals surface area (Å²) in [6.45, 7) is 5.75. The Morgan fingerprint density at radius 1 is 1.19 bits per heavy atom. The molecule has 0 radical (unpaired) electrons. The molecule has 8 heteroatoms. The lowest BCUT2D eigenvalue weighted by molar-refractivity contribution is -0.139. The lowest BCUT2D eigenvalue weighted by Gasteiger charge is -2.25. The highest BCUT2D eigenvalue weighted by molar-refractivity contribution is 5.79. The molecule has 2 atom stereocenters. The van der Waals surface area contributed by atoms with Crippen LogP contribution in [0.15, 0.2) is 60.7 Å². The number of alkyl halides is 3. The Hall–Kier alpha value is -3.10. The van der Waals surface area contributed by atoms with Crippen molar-refractivity contribution in [2.24, 2.45) is 5.92 Å². The molecule has 0 spiro atoms. The molecule has 2 N–H and O–H groups in total. The number of allylic oxidation sites excluding steroid dienone is 3. The van der Waals surface area contributed by atoms with Gasteiger partial charge in [-0.1, -0.05) is 43.4 Å². The van der Waals surface area contributed by atoms with Crippen LogP contribution in [0.2, 0.25) is 0 Å². The fraction of sp³-hybridized carbons (Fsp3) is 0.393. The smallest absolute Gasteiger partial charge is 0.416 e. The zero-order chi connectivity index (χ0) is 26.3. The summed E-state index contributed by atoms with van der Waals surface area (Å²) in [5, 5.41) is 12.9. The number of hydrogen-bond acceptors (Lipinski definition) is 4. The van der Waals surface area contributed by atoms with Crippen LogP contribution in [0, 0.1) is 5.92 Å². The van der Waals surface area contributed by atoms with Gasteiger partial charge in [-0.15, -0.1) is 0 Å². The maximum atomic E-state index is 13.6. The van der Waals surface area contributed by atoms with Crippen molar-refractivity contribution in [2.75, 3.05) is 26.9 Å². The lowest BCUT2D eigenvalue weighted by Crippen LogP contribution is -2.36. The highest BCUT2D eigenvalue weighted by Crippen LogP contribution is 2.38. The van der Waals surface area contributed by atoms with E-state index in [1.807, 2.05) is 24.0 Å². The van der Waals surface area contributed by atoms with Crippen LogP contribution >= 0.6 is 0 Å². The van der Waals surface area contributed by atoms with E-state index < -0.39 is 23.6 Å². The maximum Gasteiger partial charge on any atom is 0.416 e. The molecular formula is C28H33F3N2O3. The van der Waals surface area contributed by atoms with Crippen LogP contribution in [0.1, 0.15) is 42.9 Å². The molecular weight excluding hydrogens is 469 g/mol. The number of methoxy groups -OCH3 is 1. The third-order valence-electron chi connectivity index (χ3n) is 6.47. The zero-order valence-corrected chi connectivity index (χ0v) is 20.8. The van der Waals surface area contributed by atoms with E-state index in [9.17, 15) is 23.1 Å². The van der Waals surface area contributed by atoms with Gasteiger partial charge in [-0.2, -0.15) is 13.2 Å². The van der Waals surface area contributed by atoms with Crippen molar-refractivity contribution >= 4 is 5.97 Å². The highest BCUT2D eigenvalue weighted by Gasteiger charge is 2.31. The van der Waals surface area contributed by atoms with E-state index >= 15 is 0 Å². The first-order valence-electron chi connectivity index (χ1n) is 12.0. The molecule has 0 saturated heterocycles. The summed E-state index contributed by atoms with van der Waals surface area (Å²) in [5.41, 5.74) is 1.46. The molecule has 2 aromatic carbocycles. The quantitative estimate of drug-likeness (QED) is 0.365. The largest absolute Gasteiger partial charge is 0.496 e. The molecule has 2 unspecified atom stereocenters. The van der Waals surface area contributed by atoms with Crippen LogP contribution in [0.5, 0.6) is 5.75 Å². The van der Waals surface area contributed by atoms with Crippen LogP contribution < -0.4 is 10.1 Å². The highest BCUT2D eigenvalue weighted by atomic mass is 19.4. The first kappa shape index (κ1) is 27.5. The number of nitrogens with zero attached hydrogens (tertiary/aromatic N) is 1. The van der Waals surface area contributed by atoms with Crippen molar-refractivity contribution in [2.45, 2.75) is 38.9 Å². The number of carboxylic acids is 1. The van der Waals surface area contributed by atoms with Gasteiger partial charge in [0.25, 0.3) is 0 Å². The first-order valence-corrected chi connectivity index (χ1v) is 12.0. The Bertz CT molecular complexity index is 1110. The van der Waals surface area contributed by atoms with Crippen molar-refractivity contribution in [3.05, 3.63) is 77.4 Å². The normalized spacial score (nSPS) is 16.4. The van der Waals surface area contributed by atoms with E-state index in [0.29, 0.717) is 47.1 Å². The Labute approximate surface area is 210 Å². The second kappa shape index (κ2) is 12.2. The van der Waals surface area contributed by atoms with Gasteiger partial charge in [-0.25, -0.2) is 0 Å². The molecule has 0 amide bonds. The third-order valence-corrected chi connectivity index (χ3v) is 6.47. The van der Waals surface area contributed by atoms with Crippen molar-refractivity contribution in [1.29, 1.82) is 0 Å². The van der Waals surface area contributed by atoms with Gasteiger partial charge in [0.1, 0.15) is 5.75 Å². The van der Waals surface area contributed by atoms with Gasteiger partial charge in [-0.3, -0.25) is 9.69 Å². The van der Waals surface area contributed by atoms with E-state index in [0.717, 1.165) is 19.0 Å². The number of benzene rings is 2. The lowest BCUT2D eigenvalue weighted by atomic mass is 9.92. The predicted octanol–water partition coefficient (Wildman–Crippen LogP) is 6.07. The number of carbonyl (C=O) groups is 1. The fourth-order valence-electron chi connectivity index (χ4n) is 4.22. The average Bonchev–Trinajstić information content (AvgIpc) is 2.87. The van der Waals surface area contributed by atoms with E-state index in [2.05, 4.69) is 17.5 Å². The molecule has 1 aliphatic rings. The summed E-state index contributed by atoms with van der Waals surface area (Å²) in [4.78, 5) is 13.6. The predicted molar refractivity (Wildman–Crippen MR) is 135 cm³/mol. The van der Waals surface area contributed by atoms with E-state index in [-0.39, 0.29) is 6.54 Å². The maximum absolute atomic E-state index is 13.6.